The van der Waals surface area contributed by atoms with Crippen LogP contribution in [0.5, 0.6) is 5.75 Å². The lowest BCUT2D eigenvalue weighted by Gasteiger charge is -2.16. The van der Waals surface area contributed by atoms with Gasteiger partial charge in [-0.2, -0.15) is 0 Å². The number of rotatable bonds is 5. The van der Waals surface area contributed by atoms with Gasteiger partial charge in [-0.05, 0) is 28.4 Å². The zero-order chi connectivity index (χ0) is 13.0. The predicted molar refractivity (Wildman–Crippen MR) is 67.4 cm³/mol. The minimum atomic E-state index is -0.660. The molecule has 0 aliphatic heterocycles. The minimum absolute atomic E-state index is 0.0968. The van der Waals surface area contributed by atoms with Gasteiger partial charge in [0.25, 0.3) is 0 Å². The summed E-state index contributed by atoms with van der Waals surface area (Å²) in [6.07, 6.45) is -0.194. The number of para-hydroxylation sites is 1. The van der Waals surface area contributed by atoms with Crippen LogP contribution >= 0.6 is 15.9 Å². The summed E-state index contributed by atoms with van der Waals surface area (Å²) in [6.45, 7) is 1.79. The van der Waals surface area contributed by atoms with Crippen LogP contribution in [-0.4, -0.2) is 16.9 Å². The largest absolute Gasteiger partial charge is 0.475 e. The summed E-state index contributed by atoms with van der Waals surface area (Å²) in [6, 6.07) is 4.52. The first-order chi connectivity index (χ1) is 7.97. The fourth-order valence-electron chi connectivity index (χ4n) is 1.27. The fraction of sp³-hybridized carbons (Fsp3) is 0.300. The van der Waals surface area contributed by atoms with Crippen LogP contribution in [0.1, 0.15) is 13.3 Å². The predicted octanol–water partition coefficient (Wildman–Crippen LogP) is 2.45. The van der Waals surface area contributed by atoms with Crippen LogP contribution in [-0.2, 0) is 0 Å². The van der Waals surface area contributed by atoms with E-state index < -0.39 is 11.0 Å². The highest BCUT2D eigenvalue weighted by Gasteiger charge is 2.22. The van der Waals surface area contributed by atoms with Crippen molar-refractivity contribution in [2.24, 2.45) is 5.73 Å². The maximum Gasteiger partial charge on any atom is 0.312 e. The molecule has 1 aromatic carbocycles. The summed E-state index contributed by atoms with van der Waals surface area (Å²) in [5, 5.41) is 18.2. The molecule has 1 rings (SSSR count). The van der Waals surface area contributed by atoms with Gasteiger partial charge in [-0.1, -0.05) is 13.0 Å². The van der Waals surface area contributed by atoms with E-state index in [4.69, 9.17) is 15.9 Å². The van der Waals surface area contributed by atoms with Crippen LogP contribution in [0.4, 0.5) is 5.69 Å². The Kier molecular flexibility index (Phi) is 4.45. The molecular formula is C10H12BrN3O3. The second kappa shape index (κ2) is 5.62. The molecular weight excluding hydrogens is 290 g/mol. The van der Waals surface area contributed by atoms with Crippen LogP contribution in [0.25, 0.3) is 0 Å². The number of ether oxygens (including phenoxy) is 1. The smallest absolute Gasteiger partial charge is 0.312 e. The Labute approximate surface area is 107 Å². The van der Waals surface area contributed by atoms with E-state index in [2.05, 4.69) is 15.9 Å². The molecule has 1 atom stereocenters. The number of nitrogens with zero attached hydrogens (tertiary/aromatic N) is 1. The lowest BCUT2D eigenvalue weighted by Crippen LogP contribution is -2.32. The van der Waals surface area contributed by atoms with E-state index >= 15 is 0 Å². The highest BCUT2D eigenvalue weighted by Crippen LogP contribution is 2.35. The zero-order valence-corrected chi connectivity index (χ0v) is 10.7. The number of nitrogens with one attached hydrogen (secondary N) is 1. The number of amidine groups is 1. The molecule has 0 aliphatic carbocycles. The third kappa shape index (κ3) is 3.16. The molecule has 0 bridgehead atoms. The van der Waals surface area contributed by atoms with Crippen molar-refractivity contribution in [1.29, 1.82) is 5.41 Å². The Morgan fingerprint density at radius 3 is 2.82 bits per heavy atom. The second-order valence-electron chi connectivity index (χ2n) is 3.32. The molecule has 0 radical (unpaired) electrons. The van der Waals surface area contributed by atoms with Crippen LogP contribution in [0.15, 0.2) is 22.7 Å². The van der Waals surface area contributed by atoms with E-state index in [1.807, 2.05) is 0 Å². The van der Waals surface area contributed by atoms with Gasteiger partial charge in [-0.25, -0.2) is 0 Å². The Morgan fingerprint density at radius 2 is 2.35 bits per heavy atom. The van der Waals surface area contributed by atoms with Crippen molar-refractivity contribution in [1.82, 2.24) is 0 Å². The van der Waals surface area contributed by atoms with Crippen molar-refractivity contribution in [3.63, 3.8) is 0 Å². The number of benzene rings is 1. The molecule has 7 heteroatoms. The average Bonchev–Trinajstić information content (AvgIpc) is 2.26. The van der Waals surface area contributed by atoms with Crippen molar-refractivity contribution in [2.75, 3.05) is 0 Å². The van der Waals surface area contributed by atoms with Gasteiger partial charge < -0.3 is 10.5 Å². The SMILES string of the molecule is CCC(Oc1c(Br)cccc1[N+](=O)[O-])C(=N)N. The monoisotopic (exact) mass is 301 g/mol. The molecule has 6 nitrogen and oxygen atoms in total. The molecule has 1 aromatic rings. The van der Waals surface area contributed by atoms with Crippen LogP contribution in [0.3, 0.4) is 0 Å². The Hall–Kier alpha value is -1.63. The fourth-order valence-corrected chi connectivity index (χ4v) is 1.72. The van der Waals surface area contributed by atoms with Gasteiger partial charge in [0.05, 0.1) is 9.40 Å². The topological polar surface area (TPSA) is 102 Å². The summed E-state index contributed by atoms with van der Waals surface area (Å²) >= 11 is 3.18. The lowest BCUT2D eigenvalue weighted by molar-refractivity contribution is -0.386. The Morgan fingerprint density at radius 1 is 1.71 bits per heavy atom. The van der Waals surface area contributed by atoms with E-state index in [-0.39, 0.29) is 17.3 Å². The van der Waals surface area contributed by atoms with Gasteiger partial charge in [0.15, 0.2) is 6.10 Å². The lowest BCUT2D eigenvalue weighted by atomic mass is 10.2. The van der Waals surface area contributed by atoms with Gasteiger partial charge in [-0.3, -0.25) is 15.5 Å². The number of nitro groups is 1. The molecule has 17 heavy (non-hydrogen) atoms. The van der Waals surface area contributed by atoms with Gasteiger partial charge in [0.1, 0.15) is 5.84 Å². The van der Waals surface area contributed by atoms with E-state index in [0.29, 0.717) is 10.9 Å². The molecule has 0 aliphatic rings. The maximum absolute atomic E-state index is 10.8. The summed E-state index contributed by atoms with van der Waals surface area (Å²) in [4.78, 5) is 10.3. The molecule has 0 fully saturated rings. The molecule has 0 amide bonds. The Balaban J connectivity index is 3.12. The first kappa shape index (κ1) is 13.4. The van der Waals surface area contributed by atoms with E-state index in [1.165, 1.54) is 6.07 Å². The molecule has 3 N–H and O–H groups in total. The second-order valence-corrected chi connectivity index (χ2v) is 4.17. The highest BCUT2D eigenvalue weighted by molar-refractivity contribution is 9.10. The van der Waals surface area contributed by atoms with Crippen LogP contribution < -0.4 is 10.5 Å². The van der Waals surface area contributed by atoms with E-state index in [9.17, 15) is 10.1 Å². The van der Waals surface area contributed by atoms with Crippen LogP contribution in [0, 0.1) is 15.5 Å². The summed E-state index contributed by atoms with van der Waals surface area (Å²) in [5.41, 5.74) is 5.19. The van der Waals surface area contributed by atoms with Crippen molar-refractivity contribution in [2.45, 2.75) is 19.4 Å². The highest BCUT2D eigenvalue weighted by atomic mass is 79.9. The zero-order valence-electron chi connectivity index (χ0n) is 9.14. The van der Waals surface area contributed by atoms with Crippen molar-refractivity contribution in [3.05, 3.63) is 32.8 Å². The molecule has 0 heterocycles. The molecule has 1 unspecified atom stereocenters. The summed E-state index contributed by atoms with van der Waals surface area (Å²) in [7, 11) is 0. The number of halogens is 1. The molecule has 0 spiro atoms. The maximum atomic E-state index is 10.8. The molecule has 0 aromatic heterocycles. The van der Waals surface area contributed by atoms with Gasteiger partial charge in [0.2, 0.25) is 5.75 Å². The number of hydrogen-bond donors (Lipinski definition) is 2. The van der Waals surface area contributed by atoms with Crippen molar-refractivity contribution >= 4 is 27.5 Å². The molecule has 92 valence electrons. The van der Waals surface area contributed by atoms with Gasteiger partial charge in [0, 0.05) is 6.07 Å². The third-order valence-corrected chi connectivity index (χ3v) is 2.75. The standard InChI is InChI=1S/C10H12BrN3O3/c1-2-8(10(12)13)17-9-6(11)4-3-5-7(9)14(15)16/h3-5,8H,2H2,1H3,(H3,12,13). The quantitative estimate of drug-likeness (QED) is 0.377. The number of nitrogens with two attached hydrogens (primary N) is 1. The van der Waals surface area contributed by atoms with Gasteiger partial charge >= 0.3 is 5.69 Å². The van der Waals surface area contributed by atoms with Gasteiger partial charge in [-0.15, -0.1) is 0 Å². The number of nitro benzene ring substituents is 1. The van der Waals surface area contributed by atoms with Crippen LogP contribution in [0.2, 0.25) is 0 Å². The van der Waals surface area contributed by atoms with Crippen molar-refractivity contribution in [3.8, 4) is 5.75 Å². The molecule has 0 saturated carbocycles. The van der Waals surface area contributed by atoms with E-state index in [0.717, 1.165) is 0 Å². The first-order valence-corrected chi connectivity index (χ1v) is 5.70. The average molecular weight is 302 g/mol. The Bertz CT molecular complexity index is 450. The summed E-state index contributed by atoms with van der Waals surface area (Å²) in [5.74, 6) is -0.0582. The first-order valence-electron chi connectivity index (χ1n) is 4.90. The number of hydrogen-bond acceptors (Lipinski definition) is 4. The van der Waals surface area contributed by atoms with E-state index in [1.54, 1.807) is 19.1 Å². The normalized spacial score (nSPS) is 11.9. The summed E-state index contributed by atoms with van der Waals surface area (Å²) < 4.78 is 5.87. The molecule has 0 saturated heterocycles. The third-order valence-electron chi connectivity index (χ3n) is 2.12. The minimum Gasteiger partial charge on any atom is -0.475 e. The van der Waals surface area contributed by atoms with Crippen molar-refractivity contribution < 1.29 is 9.66 Å².